The normalized spacial score (nSPS) is 13.9. The van der Waals surface area contributed by atoms with Gasteiger partial charge in [0.1, 0.15) is 5.76 Å². The number of fused-ring (bicyclic) bond motifs is 1. The Morgan fingerprint density at radius 2 is 1.35 bits per heavy atom. The fourth-order valence-electron chi connectivity index (χ4n) is 5.24. The van der Waals surface area contributed by atoms with Gasteiger partial charge in [0.2, 0.25) is 0 Å². The summed E-state index contributed by atoms with van der Waals surface area (Å²) in [4.78, 5) is 14.6. The highest BCUT2D eigenvalue weighted by atomic mass is 79.9. The Kier molecular flexibility index (Phi) is 9.00. The molecule has 4 rings (SSSR count). The number of carbonyl (C=O) groups excluding carboxylic acids is 1. The van der Waals surface area contributed by atoms with Gasteiger partial charge >= 0.3 is 18.4 Å². The zero-order valence-electron chi connectivity index (χ0n) is 24.3. The first-order valence-electron chi connectivity index (χ1n) is 13.2. The van der Waals surface area contributed by atoms with E-state index in [0.29, 0.717) is 37.5 Å². The molecule has 0 saturated carbocycles. The van der Waals surface area contributed by atoms with E-state index in [2.05, 4.69) is 15.9 Å². The van der Waals surface area contributed by atoms with E-state index in [1.54, 1.807) is 14.1 Å². The van der Waals surface area contributed by atoms with E-state index in [4.69, 9.17) is 4.74 Å². The van der Waals surface area contributed by atoms with Crippen LogP contribution >= 0.6 is 27.1 Å². The molecule has 0 heterocycles. The molecule has 0 radical (unpaired) electrons. The number of halogens is 7. The summed E-state index contributed by atoms with van der Waals surface area (Å²) in [7, 11) is -0.238. The topological polar surface area (TPSA) is 29.5 Å². The summed E-state index contributed by atoms with van der Waals surface area (Å²) >= 11 is 5.13. The molecule has 1 amide bonds. The molecule has 0 fully saturated rings. The number of aryl methyl sites for hydroxylation is 1. The largest absolute Gasteiger partial charge is 0.416 e. The predicted molar refractivity (Wildman–Crippen MR) is 164 cm³/mol. The lowest BCUT2D eigenvalue weighted by Gasteiger charge is -2.44. The van der Waals surface area contributed by atoms with Crippen molar-refractivity contribution in [2.75, 3.05) is 14.1 Å². The molecule has 1 aliphatic carbocycles. The van der Waals surface area contributed by atoms with Crippen LogP contribution in [0.15, 0.2) is 70.0 Å². The number of benzene rings is 3. The Morgan fingerprint density at radius 1 is 0.884 bits per heavy atom. The fraction of sp³-hybridized carbons (Fsp3) is 0.323. The van der Waals surface area contributed by atoms with Crippen LogP contribution in [0.5, 0.6) is 0 Å². The summed E-state index contributed by atoms with van der Waals surface area (Å²) in [5, 5.41) is 0.581. The van der Waals surface area contributed by atoms with Crippen molar-refractivity contribution >= 4 is 56.6 Å². The average molecular weight is 703 g/mol. The number of nitrogens with zero attached hydrogens (tertiary/aromatic N) is 1. The molecule has 0 atom stereocenters. The Morgan fingerprint density at radius 3 is 1.74 bits per heavy atom. The van der Waals surface area contributed by atoms with E-state index in [0.717, 1.165) is 35.4 Å². The van der Waals surface area contributed by atoms with E-state index >= 15 is 0 Å². The van der Waals surface area contributed by atoms with Gasteiger partial charge in [0.05, 0.1) is 11.1 Å². The molecule has 0 saturated heterocycles. The Hall–Kier alpha value is -2.70. The van der Waals surface area contributed by atoms with Crippen LogP contribution in [0, 0.1) is 6.92 Å². The smallest absolute Gasteiger partial charge is 0.410 e. The van der Waals surface area contributed by atoms with Crippen LogP contribution in [-0.4, -0.2) is 32.3 Å². The Balaban J connectivity index is 2.01. The van der Waals surface area contributed by atoms with Crippen molar-refractivity contribution in [3.05, 3.63) is 93.0 Å². The first-order chi connectivity index (χ1) is 19.8. The molecule has 3 aromatic rings. The van der Waals surface area contributed by atoms with Crippen molar-refractivity contribution < 1.29 is 35.9 Å². The quantitative estimate of drug-likeness (QED) is 0.196. The molecule has 0 N–H and O–H groups in total. The van der Waals surface area contributed by atoms with Crippen molar-refractivity contribution in [1.82, 2.24) is 4.90 Å². The minimum atomic E-state index is -4.55. The maximum Gasteiger partial charge on any atom is 0.416 e. The highest BCUT2D eigenvalue weighted by Crippen LogP contribution is 2.52. The summed E-state index contributed by atoms with van der Waals surface area (Å²) in [6, 6.07) is 11.8. The molecule has 0 aliphatic heterocycles. The molecule has 3 aromatic carbocycles. The lowest BCUT2D eigenvalue weighted by molar-refractivity contribution is -0.138. The van der Waals surface area contributed by atoms with E-state index in [9.17, 15) is 31.1 Å². The van der Waals surface area contributed by atoms with Crippen LogP contribution in [0.3, 0.4) is 0 Å². The fourth-order valence-corrected chi connectivity index (χ4v) is 15.1. The molecule has 0 spiro atoms. The molecule has 0 unspecified atom stereocenters. The minimum absolute atomic E-state index is 0.359. The number of allylic oxidation sites excluding steroid dienone is 1. The van der Waals surface area contributed by atoms with Crippen LogP contribution in [0.2, 0.25) is 5.04 Å². The maximum atomic E-state index is 13.6. The van der Waals surface area contributed by atoms with Gasteiger partial charge in [0.25, 0.3) is 0 Å². The van der Waals surface area contributed by atoms with Crippen LogP contribution < -0.4 is 10.4 Å². The third kappa shape index (κ3) is 6.42. The molecule has 0 bridgehead atoms. The van der Waals surface area contributed by atoms with Crippen molar-refractivity contribution in [2.24, 2.45) is 0 Å². The monoisotopic (exact) mass is 701 g/mol. The molecule has 1 aliphatic rings. The van der Waals surface area contributed by atoms with Gasteiger partial charge < -0.3 is 9.64 Å². The molecule has 230 valence electrons. The maximum absolute atomic E-state index is 13.6. The minimum Gasteiger partial charge on any atom is -0.410 e. The third-order valence-electron chi connectivity index (χ3n) is 7.41. The van der Waals surface area contributed by atoms with E-state index in [1.165, 1.54) is 40.4 Å². The standard InChI is InChI=1S/C31H30BrF6NO2SSi/c1-18-17-24(32)27(26-23(18)15-16-25(26)41-28(40)39(5)6)42-43(29(2,3)4,21-11-7-19(8-12-21)30(33,34)35)22-13-9-20(10-14-22)31(36,37)38/h7-14,16-17H,15H2,1-6H3. The van der Waals surface area contributed by atoms with Gasteiger partial charge in [-0.3, -0.25) is 0 Å². The molecule has 0 aromatic heterocycles. The van der Waals surface area contributed by atoms with Crippen LogP contribution in [-0.2, 0) is 23.5 Å². The van der Waals surface area contributed by atoms with Crippen molar-refractivity contribution in [3.63, 3.8) is 0 Å². The number of hydrogen-bond donors (Lipinski definition) is 0. The summed E-state index contributed by atoms with van der Waals surface area (Å²) in [5.41, 5.74) is 0.939. The predicted octanol–water partition coefficient (Wildman–Crippen LogP) is 9.04. The Bertz CT molecular complexity index is 1500. The number of carbonyl (C=O) groups is 1. The first-order valence-corrected chi connectivity index (χ1v) is 17.6. The van der Waals surface area contributed by atoms with Gasteiger partial charge in [-0.2, -0.15) is 26.3 Å². The lowest BCUT2D eigenvalue weighted by Crippen LogP contribution is -2.62. The number of rotatable bonds is 5. The second-order valence-corrected chi connectivity index (χ2v) is 19.5. The van der Waals surface area contributed by atoms with Gasteiger partial charge in [0.15, 0.2) is 7.22 Å². The summed E-state index contributed by atoms with van der Waals surface area (Å²) in [5.74, 6) is 0.359. The van der Waals surface area contributed by atoms with E-state index < -0.39 is 41.8 Å². The first kappa shape index (κ1) is 33.2. The molecule has 43 heavy (non-hydrogen) atoms. The van der Waals surface area contributed by atoms with Gasteiger partial charge in [-0.05, 0) is 68.0 Å². The van der Waals surface area contributed by atoms with Gasteiger partial charge in [-0.25, -0.2) is 4.79 Å². The summed E-state index contributed by atoms with van der Waals surface area (Å²) in [6.45, 7) is 7.79. The highest BCUT2D eigenvalue weighted by Gasteiger charge is 2.51. The van der Waals surface area contributed by atoms with Crippen molar-refractivity contribution in [3.8, 4) is 0 Å². The summed E-state index contributed by atoms with van der Waals surface area (Å²) in [6.07, 6.45) is -7.36. The van der Waals surface area contributed by atoms with E-state index in [1.807, 2.05) is 39.8 Å². The third-order valence-corrected chi connectivity index (χ3v) is 18.4. The number of amides is 1. The van der Waals surface area contributed by atoms with Crippen molar-refractivity contribution in [1.29, 1.82) is 0 Å². The number of ether oxygens (including phenoxy) is 1. The van der Waals surface area contributed by atoms with Crippen LogP contribution in [0.25, 0.3) is 5.76 Å². The Labute approximate surface area is 260 Å². The molecule has 3 nitrogen and oxygen atoms in total. The van der Waals surface area contributed by atoms with Gasteiger partial charge in [-0.15, -0.1) is 11.2 Å². The van der Waals surface area contributed by atoms with Gasteiger partial charge in [-0.1, -0.05) is 69.3 Å². The molecular formula is C31H30BrF6NO2SSi. The highest BCUT2D eigenvalue weighted by molar-refractivity contribution is 9.10. The average Bonchev–Trinajstić information content (AvgIpc) is 3.31. The zero-order valence-corrected chi connectivity index (χ0v) is 27.7. The SMILES string of the molecule is Cc1cc(Br)c(S[Si](c2ccc(C(F)(F)F)cc2)(c2ccc(C(F)(F)F)cc2)C(C)(C)C)c2c1CC=C2OC(=O)N(C)C. The van der Waals surface area contributed by atoms with Crippen LogP contribution in [0.1, 0.15) is 48.6 Å². The summed E-state index contributed by atoms with van der Waals surface area (Å²) < 4.78 is 87.8. The van der Waals surface area contributed by atoms with Crippen LogP contribution in [0.4, 0.5) is 31.1 Å². The molecular weight excluding hydrogens is 672 g/mol. The van der Waals surface area contributed by atoms with Gasteiger partial charge in [0, 0.05) is 29.0 Å². The second kappa shape index (κ2) is 11.7. The second-order valence-electron chi connectivity index (χ2n) is 11.6. The molecule has 12 heteroatoms. The number of alkyl halides is 6. The van der Waals surface area contributed by atoms with Crippen molar-refractivity contribution in [2.45, 2.75) is 56.4 Å². The lowest BCUT2D eigenvalue weighted by atomic mass is 10.0. The zero-order chi connectivity index (χ0) is 32.1. The number of hydrogen-bond acceptors (Lipinski definition) is 3. The van der Waals surface area contributed by atoms with E-state index in [-0.39, 0.29) is 0 Å².